The van der Waals surface area contributed by atoms with Gasteiger partial charge in [-0.15, -0.1) is 6.58 Å². The van der Waals surface area contributed by atoms with Gasteiger partial charge in [-0.05, 0) is 24.5 Å². The van der Waals surface area contributed by atoms with Crippen LogP contribution in [0.3, 0.4) is 0 Å². The van der Waals surface area contributed by atoms with Crippen molar-refractivity contribution >= 4 is 11.8 Å². The minimum absolute atomic E-state index is 0.00879. The predicted octanol–water partition coefficient (Wildman–Crippen LogP) is 3.17. The van der Waals surface area contributed by atoms with Crippen molar-refractivity contribution in [3.8, 4) is 5.75 Å². The lowest BCUT2D eigenvalue weighted by molar-refractivity contribution is -0.152. The molecule has 2 atom stereocenters. The number of rotatable bonds is 9. The molecule has 2 aliphatic heterocycles. The van der Waals surface area contributed by atoms with Gasteiger partial charge in [0, 0.05) is 38.3 Å². The third-order valence-corrected chi connectivity index (χ3v) is 5.98. The van der Waals surface area contributed by atoms with Crippen LogP contribution in [0.15, 0.2) is 41.7 Å². The Morgan fingerprint density at radius 3 is 2.76 bits per heavy atom. The highest BCUT2D eigenvalue weighted by atomic mass is 19.4. The van der Waals surface area contributed by atoms with Crippen molar-refractivity contribution in [2.75, 3.05) is 43.2 Å². The topological polar surface area (TPSA) is 63.1 Å². The number of ether oxygens (including phenoxy) is 2. The average molecular weight is 482 g/mol. The zero-order valence-electron chi connectivity index (χ0n) is 18.7. The normalized spacial score (nSPS) is 19.5. The van der Waals surface area contributed by atoms with E-state index in [0.717, 1.165) is 4.90 Å². The summed E-state index contributed by atoms with van der Waals surface area (Å²) >= 11 is 0. The number of anilines is 2. The third-order valence-electron chi connectivity index (χ3n) is 5.98. The highest BCUT2D eigenvalue weighted by molar-refractivity contribution is 5.48. The fraction of sp³-hybridized carbons (Fsp3) is 0.478. The van der Waals surface area contributed by atoms with E-state index in [1.165, 1.54) is 35.9 Å². The molecule has 7 nitrogen and oxygen atoms in total. The molecule has 0 radical (unpaired) electrons. The number of fused-ring (bicyclic) bond motifs is 1. The van der Waals surface area contributed by atoms with E-state index in [1.54, 1.807) is 11.0 Å². The first kappa shape index (κ1) is 24.1. The molecule has 184 valence electrons. The maximum absolute atomic E-state index is 14.0. The Balaban J connectivity index is 1.70. The number of epoxide rings is 1. The molecule has 4 rings (SSSR count). The van der Waals surface area contributed by atoms with Gasteiger partial charge in [0.15, 0.2) is 0 Å². The lowest BCUT2D eigenvalue weighted by Crippen LogP contribution is -2.53. The zero-order chi connectivity index (χ0) is 24.5. The molecule has 0 aliphatic carbocycles. The number of aromatic nitrogens is 2. The molecule has 0 spiro atoms. The van der Waals surface area contributed by atoms with Crippen LogP contribution in [0.1, 0.15) is 12.0 Å². The van der Waals surface area contributed by atoms with E-state index >= 15 is 0 Å². The molecular formula is C23H26F4N4O3. The zero-order valence-corrected chi connectivity index (χ0v) is 18.7. The predicted molar refractivity (Wildman–Crippen MR) is 119 cm³/mol. The second kappa shape index (κ2) is 9.65. The molecule has 1 aromatic heterocycles. The number of benzene rings is 1. The summed E-state index contributed by atoms with van der Waals surface area (Å²) in [6.07, 6.45) is -3.02. The van der Waals surface area contributed by atoms with Crippen molar-refractivity contribution < 1.29 is 27.0 Å². The van der Waals surface area contributed by atoms with Gasteiger partial charge in [-0.2, -0.15) is 18.2 Å². The fourth-order valence-corrected chi connectivity index (χ4v) is 4.22. The van der Waals surface area contributed by atoms with E-state index in [2.05, 4.69) is 11.6 Å². The summed E-state index contributed by atoms with van der Waals surface area (Å²) in [6, 6.07) is 3.44. The molecule has 34 heavy (non-hydrogen) atoms. The molecule has 2 aliphatic rings. The van der Waals surface area contributed by atoms with E-state index in [-0.39, 0.29) is 49.6 Å². The van der Waals surface area contributed by atoms with E-state index in [9.17, 15) is 22.4 Å². The fourth-order valence-electron chi connectivity index (χ4n) is 4.22. The summed E-state index contributed by atoms with van der Waals surface area (Å²) in [7, 11) is 1.37. The first-order valence-electron chi connectivity index (χ1n) is 11.0. The SMILES string of the molecule is C=CCN(CC1CO1)c1cc(=O)n2c(n1)N(CCc1ccc(F)cc1OC)[C@H](C(F)(F)F)CC2. The van der Waals surface area contributed by atoms with Crippen LogP contribution in [-0.4, -0.2) is 61.2 Å². The molecule has 0 amide bonds. The van der Waals surface area contributed by atoms with E-state index in [1.807, 2.05) is 0 Å². The van der Waals surface area contributed by atoms with Gasteiger partial charge >= 0.3 is 6.18 Å². The summed E-state index contributed by atoms with van der Waals surface area (Å²) < 4.78 is 67.3. The van der Waals surface area contributed by atoms with Crippen LogP contribution >= 0.6 is 0 Å². The Kier molecular flexibility index (Phi) is 6.83. The van der Waals surface area contributed by atoms with Gasteiger partial charge in [0.25, 0.3) is 5.56 Å². The highest BCUT2D eigenvalue weighted by Crippen LogP contribution is 2.35. The lowest BCUT2D eigenvalue weighted by atomic mass is 10.1. The number of hydrogen-bond acceptors (Lipinski definition) is 6. The Morgan fingerprint density at radius 2 is 2.12 bits per heavy atom. The molecule has 0 bridgehead atoms. The molecule has 11 heteroatoms. The minimum atomic E-state index is -4.52. The molecule has 1 unspecified atom stereocenters. The Hall–Kier alpha value is -3.08. The molecule has 1 saturated heterocycles. The van der Waals surface area contributed by atoms with Crippen LogP contribution in [0.25, 0.3) is 0 Å². The lowest BCUT2D eigenvalue weighted by Gasteiger charge is -2.39. The van der Waals surface area contributed by atoms with Crippen LogP contribution in [-0.2, 0) is 17.7 Å². The summed E-state index contributed by atoms with van der Waals surface area (Å²) in [5, 5.41) is 0. The largest absolute Gasteiger partial charge is 0.496 e. The average Bonchev–Trinajstić information content (AvgIpc) is 3.61. The number of nitrogens with zero attached hydrogens (tertiary/aromatic N) is 4. The van der Waals surface area contributed by atoms with E-state index in [4.69, 9.17) is 9.47 Å². The first-order chi connectivity index (χ1) is 16.2. The van der Waals surface area contributed by atoms with Crippen LogP contribution in [0.2, 0.25) is 0 Å². The van der Waals surface area contributed by atoms with Crippen molar-refractivity contribution in [2.45, 2.75) is 37.7 Å². The number of methoxy groups -OCH3 is 1. The van der Waals surface area contributed by atoms with Crippen LogP contribution < -0.4 is 20.1 Å². The van der Waals surface area contributed by atoms with Gasteiger partial charge in [0.05, 0.1) is 19.8 Å². The molecule has 2 aromatic rings. The molecule has 0 saturated carbocycles. The van der Waals surface area contributed by atoms with Crippen LogP contribution in [0, 0.1) is 5.82 Å². The molecule has 0 N–H and O–H groups in total. The third kappa shape index (κ3) is 5.19. The van der Waals surface area contributed by atoms with Gasteiger partial charge in [-0.1, -0.05) is 12.1 Å². The number of halogens is 4. The Labute approximate surface area is 194 Å². The van der Waals surface area contributed by atoms with Gasteiger partial charge in [0.2, 0.25) is 5.95 Å². The maximum Gasteiger partial charge on any atom is 0.408 e. The highest BCUT2D eigenvalue weighted by Gasteiger charge is 2.46. The molecule has 1 fully saturated rings. The second-order valence-electron chi connectivity index (χ2n) is 8.30. The van der Waals surface area contributed by atoms with Crippen molar-refractivity contribution in [2.24, 2.45) is 0 Å². The quantitative estimate of drug-likeness (QED) is 0.311. The molecular weight excluding hydrogens is 456 g/mol. The van der Waals surface area contributed by atoms with E-state index < -0.39 is 23.6 Å². The summed E-state index contributed by atoms with van der Waals surface area (Å²) in [4.78, 5) is 20.3. The molecule has 3 heterocycles. The van der Waals surface area contributed by atoms with Gasteiger partial charge in [-0.3, -0.25) is 9.36 Å². The van der Waals surface area contributed by atoms with Gasteiger partial charge in [-0.25, -0.2) is 4.39 Å². The summed E-state index contributed by atoms with van der Waals surface area (Å²) in [5.74, 6) is -0.0140. The molecule has 1 aromatic carbocycles. The minimum Gasteiger partial charge on any atom is -0.496 e. The number of hydrogen-bond donors (Lipinski definition) is 0. The van der Waals surface area contributed by atoms with Crippen molar-refractivity contribution in [1.82, 2.24) is 9.55 Å². The Bertz CT molecular complexity index is 1100. The van der Waals surface area contributed by atoms with Crippen LogP contribution in [0.5, 0.6) is 5.75 Å². The van der Waals surface area contributed by atoms with Crippen molar-refractivity contribution in [3.63, 3.8) is 0 Å². The summed E-state index contributed by atoms with van der Waals surface area (Å²) in [5.41, 5.74) is 0.135. The smallest absolute Gasteiger partial charge is 0.408 e. The summed E-state index contributed by atoms with van der Waals surface area (Å²) in [6.45, 7) is 4.95. The van der Waals surface area contributed by atoms with Gasteiger partial charge < -0.3 is 19.3 Å². The van der Waals surface area contributed by atoms with Crippen molar-refractivity contribution in [3.05, 3.63) is 58.7 Å². The van der Waals surface area contributed by atoms with Crippen LogP contribution in [0.4, 0.5) is 29.3 Å². The second-order valence-corrected chi connectivity index (χ2v) is 8.30. The van der Waals surface area contributed by atoms with Crippen molar-refractivity contribution in [1.29, 1.82) is 0 Å². The standard InChI is InChI=1S/C23H26F4N4O3/c1-3-8-29(13-17-14-34-17)20-12-21(32)31-10-7-19(23(25,26)27)30(22(31)28-20)9-6-15-4-5-16(24)11-18(15)33-2/h3-5,11-12,17,19H,1,6-10,13-14H2,2H3/t17?,19-/m0/s1. The number of alkyl halides is 3. The maximum atomic E-state index is 14.0. The van der Waals surface area contributed by atoms with Gasteiger partial charge in [0.1, 0.15) is 23.4 Å². The monoisotopic (exact) mass is 482 g/mol. The Morgan fingerprint density at radius 1 is 1.35 bits per heavy atom. The first-order valence-corrected chi connectivity index (χ1v) is 11.0. The van der Waals surface area contributed by atoms with E-state index in [0.29, 0.717) is 25.3 Å².